The highest BCUT2D eigenvalue weighted by molar-refractivity contribution is 14.1. The average molecular weight is 332 g/mol. The van der Waals surface area contributed by atoms with Crippen molar-refractivity contribution in [3.05, 3.63) is 21.8 Å². The number of aliphatic hydroxyl groups is 1. The summed E-state index contributed by atoms with van der Waals surface area (Å²) in [5.74, 6) is 0.419. The smallest absolute Gasteiger partial charge is 0.0503 e. The van der Waals surface area contributed by atoms with Gasteiger partial charge in [-0.2, -0.15) is 0 Å². The molecule has 0 spiro atoms. The Balaban J connectivity index is 2.16. The van der Waals surface area contributed by atoms with Crippen LogP contribution in [0.25, 0.3) is 0 Å². The lowest BCUT2D eigenvalue weighted by molar-refractivity contribution is 0.208. The predicted octanol–water partition coefficient (Wildman–Crippen LogP) is 2.08. The molecule has 1 heterocycles. The van der Waals surface area contributed by atoms with Crippen LogP contribution in [0.3, 0.4) is 0 Å². The first-order valence-electron chi connectivity index (χ1n) is 5.61. The van der Waals surface area contributed by atoms with E-state index in [1.807, 2.05) is 12.1 Å². The number of rotatable bonds is 2. The standard InChI is InChI=1S/C12H17IN2O/c13-11-6-10(14)3-4-12(11)15-5-1-2-9(7-15)8-16/h3-4,6,9,16H,1-2,5,7-8,14H2. The minimum absolute atomic E-state index is 0.294. The van der Waals surface area contributed by atoms with Gasteiger partial charge in [-0.25, -0.2) is 0 Å². The molecule has 1 atom stereocenters. The second kappa shape index (κ2) is 5.23. The molecule has 0 aromatic heterocycles. The lowest BCUT2D eigenvalue weighted by Crippen LogP contribution is -2.37. The summed E-state index contributed by atoms with van der Waals surface area (Å²) in [7, 11) is 0. The summed E-state index contributed by atoms with van der Waals surface area (Å²) in [6, 6.07) is 6.02. The molecule has 0 bridgehead atoms. The Morgan fingerprint density at radius 2 is 2.31 bits per heavy atom. The maximum atomic E-state index is 9.22. The Labute approximate surface area is 110 Å². The summed E-state index contributed by atoms with van der Waals surface area (Å²) in [6.07, 6.45) is 2.30. The molecule has 0 saturated carbocycles. The maximum absolute atomic E-state index is 9.22. The van der Waals surface area contributed by atoms with Crippen LogP contribution >= 0.6 is 22.6 Å². The molecule has 1 fully saturated rings. The zero-order valence-electron chi connectivity index (χ0n) is 9.19. The molecule has 0 amide bonds. The number of nitrogens with zero attached hydrogens (tertiary/aromatic N) is 1. The van der Waals surface area contributed by atoms with E-state index in [-0.39, 0.29) is 0 Å². The van der Waals surface area contributed by atoms with Gasteiger partial charge in [0.25, 0.3) is 0 Å². The molecule has 0 radical (unpaired) electrons. The molecule has 1 aromatic carbocycles. The molecule has 2 rings (SSSR count). The number of aliphatic hydroxyl groups excluding tert-OH is 1. The molecule has 3 nitrogen and oxygen atoms in total. The topological polar surface area (TPSA) is 49.5 Å². The van der Waals surface area contributed by atoms with Gasteiger partial charge in [0, 0.05) is 29.0 Å². The van der Waals surface area contributed by atoms with E-state index < -0.39 is 0 Å². The van der Waals surface area contributed by atoms with E-state index in [9.17, 15) is 5.11 Å². The maximum Gasteiger partial charge on any atom is 0.0503 e. The largest absolute Gasteiger partial charge is 0.399 e. The monoisotopic (exact) mass is 332 g/mol. The van der Waals surface area contributed by atoms with Crippen LogP contribution in [-0.2, 0) is 0 Å². The van der Waals surface area contributed by atoms with Gasteiger partial charge in [-0.3, -0.25) is 0 Å². The van der Waals surface area contributed by atoms with Gasteiger partial charge in [0.2, 0.25) is 0 Å². The summed E-state index contributed by atoms with van der Waals surface area (Å²) in [5, 5.41) is 9.22. The molecule has 1 saturated heterocycles. The van der Waals surface area contributed by atoms with E-state index in [4.69, 9.17) is 5.73 Å². The summed E-state index contributed by atoms with van der Waals surface area (Å²) < 4.78 is 1.19. The van der Waals surface area contributed by atoms with Gasteiger partial charge >= 0.3 is 0 Å². The molecule has 4 heteroatoms. The average Bonchev–Trinajstić information content (AvgIpc) is 2.29. The molecular weight excluding hydrogens is 315 g/mol. The number of piperidine rings is 1. The molecule has 1 aliphatic rings. The van der Waals surface area contributed by atoms with Crippen LogP contribution < -0.4 is 10.6 Å². The zero-order valence-corrected chi connectivity index (χ0v) is 11.4. The summed E-state index contributed by atoms with van der Waals surface area (Å²) in [5.41, 5.74) is 7.80. The fourth-order valence-electron chi connectivity index (χ4n) is 2.21. The summed E-state index contributed by atoms with van der Waals surface area (Å²) in [6.45, 7) is 2.33. The van der Waals surface area contributed by atoms with Crippen molar-refractivity contribution in [1.29, 1.82) is 0 Å². The highest BCUT2D eigenvalue weighted by Gasteiger charge is 2.20. The molecule has 1 unspecified atom stereocenters. The normalized spacial score (nSPS) is 21.1. The number of nitrogens with two attached hydrogens (primary N) is 1. The Bertz CT molecular complexity index is 370. The van der Waals surface area contributed by atoms with Crippen molar-refractivity contribution in [2.45, 2.75) is 12.8 Å². The Kier molecular flexibility index (Phi) is 3.91. The number of hydrogen-bond donors (Lipinski definition) is 2. The first kappa shape index (κ1) is 12.0. The van der Waals surface area contributed by atoms with E-state index >= 15 is 0 Å². The van der Waals surface area contributed by atoms with Crippen LogP contribution in [0.2, 0.25) is 0 Å². The molecule has 3 N–H and O–H groups in total. The highest BCUT2D eigenvalue weighted by Crippen LogP contribution is 2.28. The van der Waals surface area contributed by atoms with Crippen molar-refractivity contribution in [2.75, 3.05) is 30.3 Å². The van der Waals surface area contributed by atoms with Crippen LogP contribution in [-0.4, -0.2) is 24.8 Å². The predicted molar refractivity (Wildman–Crippen MR) is 75.6 cm³/mol. The Morgan fingerprint density at radius 1 is 1.50 bits per heavy atom. The van der Waals surface area contributed by atoms with Gasteiger partial charge in [0.1, 0.15) is 0 Å². The summed E-state index contributed by atoms with van der Waals surface area (Å²) >= 11 is 2.32. The zero-order chi connectivity index (χ0) is 11.5. The third-order valence-corrected chi connectivity index (χ3v) is 3.95. The number of anilines is 2. The molecule has 16 heavy (non-hydrogen) atoms. The quantitative estimate of drug-likeness (QED) is 0.644. The van der Waals surface area contributed by atoms with Crippen LogP contribution in [0.1, 0.15) is 12.8 Å². The van der Waals surface area contributed by atoms with Crippen molar-refractivity contribution < 1.29 is 5.11 Å². The summed E-state index contributed by atoms with van der Waals surface area (Å²) in [4.78, 5) is 2.35. The van der Waals surface area contributed by atoms with E-state index in [2.05, 4.69) is 33.6 Å². The lowest BCUT2D eigenvalue weighted by atomic mass is 9.98. The van der Waals surface area contributed by atoms with Crippen LogP contribution in [0.15, 0.2) is 18.2 Å². The second-order valence-corrected chi connectivity index (χ2v) is 5.51. The van der Waals surface area contributed by atoms with Gasteiger partial charge in [0.15, 0.2) is 0 Å². The molecule has 0 aliphatic carbocycles. The number of halogens is 1. The van der Waals surface area contributed by atoms with Gasteiger partial charge in [-0.15, -0.1) is 0 Å². The van der Waals surface area contributed by atoms with Gasteiger partial charge < -0.3 is 15.7 Å². The van der Waals surface area contributed by atoms with E-state index in [0.717, 1.165) is 31.6 Å². The molecule has 88 valence electrons. The second-order valence-electron chi connectivity index (χ2n) is 4.35. The molecular formula is C12H17IN2O. The van der Waals surface area contributed by atoms with Crippen molar-refractivity contribution in [2.24, 2.45) is 5.92 Å². The van der Waals surface area contributed by atoms with Crippen LogP contribution in [0.4, 0.5) is 11.4 Å². The van der Waals surface area contributed by atoms with Crippen molar-refractivity contribution in [3.8, 4) is 0 Å². The third-order valence-electron chi connectivity index (χ3n) is 3.09. The van der Waals surface area contributed by atoms with Gasteiger partial charge in [0.05, 0.1) is 5.69 Å². The molecule has 1 aromatic rings. The van der Waals surface area contributed by atoms with Crippen molar-refractivity contribution in [3.63, 3.8) is 0 Å². The first-order valence-corrected chi connectivity index (χ1v) is 6.69. The number of hydrogen-bond acceptors (Lipinski definition) is 3. The number of benzene rings is 1. The SMILES string of the molecule is Nc1ccc(N2CCCC(CO)C2)c(I)c1. The van der Waals surface area contributed by atoms with Gasteiger partial charge in [-0.1, -0.05) is 0 Å². The highest BCUT2D eigenvalue weighted by atomic mass is 127. The minimum Gasteiger partial charge on any atom is -0.399 e. The lowest BCUT2D eigenvalue weighted by Gasteiger charge is -2.34. The number of nitrogen functional groups attached to an aromatic ring is 1. The fraction of sp³-hybridized carbons (Fsp3) is 0.500. The Morgan fingerprint density at radius 3 is 3.00 bits per heavy atom. The first-order chi connectivity index (χ1) is 7.70. The van der Waals surface area contributed by atoms with Crippen molar-refractivity contribution >= 4 is 34.0 Å². The van der Waals surface area contributed by atoms with E-state index in [0.29, 0.717) is 12.5 Å². The van der Waals surface area contributed by atoms with Crippen LogP contribution in [0, 0.1) is 9.49 Å². The fourth-order valence-corrected chi connectivity index (χ4v) is 3.09. The Hall–Kier alpha value is -0.490. The van der Waals surface area contributed by atoms with Crippen molar-refractivity contribution in [1.82, 2.24) is 0 Å². The molecule has 1 aliphatic heterocycles. The third kappa shape index (κ3) is 2.60. The van der Waals surface area contributed by atoms with E-state index in [1.54, 1.807) is 0 Å². The van der Waals surface area contributed by atoms with E-state index in [1.165, 1.54) is 9.26 Å². The minimum atomic E-state index is 0.294. The van der Waals surface area contributed by atoms with Gasteiger partial charge in [-0.05, 0) is 59.5 Å². The van der Waals surface area contributed by atoms with Crippen LogP contribution in [0.5, 0.6) is 0 Å².